The first-order chi connectivity index (χ1) is 12.4. The van der Waals surface area contributed by atoms with Gasteiger partial charge >= 0.3 is 0 Å². The zero-order chi connectivity index (χ0) is 18.6. The Morgan fingerprint density at radius 2 is 1.69 bits per heavy atom. The Morgan fingerprint density at radius 1 is 1.08 bits per heavy atom. The third-order valence-electron chi connectivity index (χ3n) is 4.80. The summed E-state index contributed by atoms with van der Waals surface area (Å²) in [5.74, 6) is 2.02. The third kappa shape index (κ3) is 5.17. The largest absolute Gasteiger partial charge is 0.505 e. The molecule has 7 heteroatoms. The van der Waals surface area contributed by atoms with Crippen molar-refractivity contribution >= 4 is 9.84 Å². The van der Waals surface area contributed by atoms with Gasteiger partial charge in [-0.3, -0.25) is 0 Å². The van der Waals surface area contributed by atoms with Gasteiger partial charge < -0.3 is 9.84 Å². The van der Waals surface area contributed by atoms with Gasteiger partial charge in [0.15, 0.2) is 11.6 Å². The summed E-state index contributed by atoms with van der Waals surface area (Å²) in [5.41, 5.74) is 0.838. The lowest BCUT2D eigenvalue weighted by molar-refractivity contribution is 0.161. The first-order valence-electron chi connectivity index (χ1n) is 8.83. The number of sulfone groups is 1. The molecule has 3 rings (SSSR count). The fourth-order valence-corrected chi connectivity index (χ4v) is 4.70. The highest BCUT2D eigenvalue weighted by molar-refractivity contribution is 7.90. The van der Waals surface area contributed by atoms with Crippen LogP contribution in [0.2, 0.25) is 0 Å². The molecule has 2 aromatic rings. The second-order valence-corrected chi connectivity index (χ2v) is 9.18. The third-order valence-corrected chi connectivity index (χ3v) is 5.83. The molecule has 1 N–H and O–H groups in total. The molecule has 1 fully saturated rings. The van der Waals surface area contributed by atoms with Crippen molar-refractivity contribution in [1.82, 2.24) is 9.97 Å². The SMILES string of the molecule is CS(=O)(=O)CC1CCCC[C@@H]1COc1ccc(-c2ncc(O)cn2)cc1. The molecule has 6 nitrogen and oxygen atoms in total. The van der Waals surface area contributed by atoms with Crippen LogP contribution in [0.1, 0.15) is 25.7 Å². The highest BCUT2D eigenvalue weighted by Gasteiger charge is 2.28. The van der Waals surface area contributed by atoms with Crippen LogP contribution in [0.15, 0.2) is 36.7 Å². The summed E-state index contributed by atoms with van der Waals surface area (Å²) in [6.07, 6.45) is 8.22. The molecular formula is C19H24N2O4S. The van der Waals surface area contributed by atoms with E-state index in [1.54, 1.807) is 0 Å². The second kappa shape index (κ2) is 8.03. The Balaban J connectivity index is 1.61. The van der Waals surface area contributed by atoms with Crippen LogP contribution in [-0.4, -0.2) is 42.1 Å². The Morgan fingerprint density at radius 3 is 2.31 bits per heavy atom. The van der Waals surface area contributed by atoms with E-state index < -0.39 is 9.84 Å². The molecule has 1 unspecified atom stereocenters. The molecule has 0 aliphatic heterocycles. The van der Waals surface area contributed by atoms with E-state index in [9.17, 15) is 13.5 Å². The zero-order valence-electron chi connectivity index (χ0n) is 14.8. The van der Waals surface area contributed by atoms with E-state index in [4.69, 9.17) is 4.74 Å². The molecule has 1 aromatic carbocycles. The molecule has 1 aliphatic carbocycles. The fourth-order valence-electron chi connectivity index (χ4n) is 3.49. The van der Waals surface area contributed by atoms with Crippen LogP contribution in [0.3, 0.4) is 0 Å². The quantitative estimate of drug-likeness (QED) is 0.833. The van der Waals surface area contributed by atoms with Gasteiger partial charge in [-0.2, -0.15) is 0 Å². The minimum absolute atomic E-state index is 0.0323. The lowest BCUT2D eigenvalue weighted by Gasteiger charge is -2.30. The lowest BCUT2D eigenvalue weighted by atomic mass is 9.81. The Kier molecular flexibility index (Phi) is 5.76. The minimum atomic E-state index is -2.97. The van der Waals surface area contributed by atoms with Crippen LogP contribution in [0.5, 0.6) is 11.5 Å². The highest BCUT2D eigenvalue weighted by atomic mass is 32.2. The van der Waals surface area contributed by atoms with Gasteiger partial charge in [-0.25, -0.2) is 18.4 Å². The lowest BCUT2D eigenvalue weighted by Crippen LogP contribution is -2.30. The van der Waals surface area contributed by atoms with Crippen LogP contribution < -0.4 is 4.74 Å². The van der Waals surface area contributed by atoms with Gasteiger partial charge in [0.1, 0.15) is 15.6 Å². The van der Waals surface area contributed by atoms with Crippen LogP contribution in [0.4, 0.5) is 0 Å². The molecule has 1 saturated carbocycles. The molecule has 1 heterocycles. The highest BCUT2D eigenvalue weighted by Crippen LogP contribution is 2.32. The van der Waals surface area contributed by atoms with Crippen molar-refractivity contribution in [2.75, 3.05) is 18.6 Å². The molecule has 1 aromatic heterocycles. The second-order valence-electron chi connectivity index (χ2n) is 7.00. The van der Waals surface area contributed by atoms with Crippen molar-refractivity contribution in [1.29, 1.82) is 0 Å². The number of nitrogens with zero attached hydrogens (tertiary/aromatic N) is 2. The molecule has 1 aliphatic rings. The van der Waals surface area contributed by atoms with Crippen molar-refractivity contribution in [3.63, 3.8) is 0 Å². The van der Waals surface area contributed by atoms with Gasteiger partial charge in [0.25, 0.3) is 0 Å². The van der Waals surface area contributed by atoms with Gasteiger partial charge in [-0.1, -0.05) is 12.8 Å². The number of aromatic nitrogens is 2. The molecule has 0 saturated heterocycles. The molecule has 140 valence electrons. The number of aromatic hydroxyl groups is 1. The van der Waals surface area contributed by atoms with E-state index in [1.165, 1.54) is 18.6 Å². The molecular weight excluding hydrogens is 352 g/mol. The molecule has 0 amide bonds. The Labute approximate surface area is 154 Å². The summed E-state index contributed by atoms with van der Waals surface area (Å²) >= 11 is 0. The van der Waals surface area contributed by atoms with Gasteiger partial charge in [-0.05, 0) is 48.9 Å². The van der Waals surface area contributed by atoms with E-state index in [0.29, 0.717) is 12.4 Å². The van der Waals surface area contributed by atoms with Gasteiger partial charge in [-0.15, -0.1) is 0 Å². The maximum Gasteiger partial charge on any atom is 0.159 e. The van der Waals surface area contributed by atoms with Gasteiger partial charge in [0.2, 0.25) is 0 Å². The molecule has 0 radical (unpaired) electrons. The topological polar surface area (TPSA) is 89.4 Å². The molecule has 26 heavy (non-hydrogen) atoms. The number of hydrogen-bond donors (Lipinski definition) is 1. The van der Waals surface area contributed by atoms with E-state index >= 15 is 0 Å². The minimum Gasteiger partial charge on any atom is -0.505 e. The maximum absolute atomic E-state index is 11.6. The fraction of sp³-hybridized carbons (Fsp3) is 0.474. The van der Waals surface area contributed by atoms with E-state index in [0.717, 1.165) is 37.0 Å². The Bertz CT molecular complexity index is 820. The smallest absolute Gasteiger partial charge is 0.159 e. The number of hydrogen-bond acceptors (Lipinski definition) is 6. The summed E-state index contributed by atoms with van der Waals surface area (Å²) < 4.78 is 29.2. The van der Waals surface area contributed by atoms with E-state index in [2.05, 4.69) is 9.97 Å². The van der Waals surface area contributed by atoms with E-state index in [1.807, 2.05) is 24.3 Å². The predicted octanol–water partition coefficient (Wildman–Crippen LogP) is 3.08. The molecule has 0 spiro atoms. The summed E-state index contributed by atoms with van der Waals surface area (Å²) in [4.78, 5) is 8.17. The average molecular weight is 376 g/mol. The predicted molar refractivity (Wildman–Crippen MR) is 99.8 cm³/mol. The van der Waals surface area contributed by atoms with Crippen LogP contribution >= 0.6 is 0 Å². The normalized spacial score (nSPS) is 20.7. The van der Waals surface area contributed by atoms with E-state index in [-0.39, 0.29) is 23.3 Å². The molecule has 2 atom stereocenters. The summed E-state index contributed by atoms with van der Waals surface area (Å²) in [6, 6.07) is 7.47. The molecule has 0 bridgehead atoms. The van der Waals surface area contributed by atoms with Crippen molar-refractivity contribution in [2.24, 2.45) is 11.8 Å². The summed E-state index contributed by atoms with van der Waals surface area (Å²) in [6.45, 7) is 0.537. The van der Waals surface area contributed by atoms with Gasteiger partial charge in [0, 0.05) is 11.8 Å². The summed E-state index contributed by atoms with van der Waals surface area (Å²) in [5, 5.41) is 9.25. The number of benzene rings is 1. The zero-order valence-corrected chi connectivity index (χ0v) is 15.7. The maximum atomic E-state index is 11.6. The summed E-state index contributed by atoms with van der Waals surface area (Å²) in [7, 11) is -2.97. The first-order valence-corrected chi connectivity index (χ1v) is 10.9. The number of rotatable bonds is 6. The van der Waals surface area contributed by atoms with Crippen molar-refractivity contribution in [2.45, 2.75) is 25.7 Å². The van der Waals surface area contributed by atoms with Crippen LogP contribution in [0.25, 0.3) is 11.4 Å². The van der Waals surface area contributed by atoms with Crippen LogP contribution in [-0.2, 0) is 9.84 Å². The van der Waals surface area contributed by atoms with Gasteiger partial charge in [0.05, 0.1) is 24.8 Å². The van der Waals surface area contributed by atoms with Crippen molar-refractivity contribution in [3.05, 3.63) is 36.7 Å². The standard InChI is InChI=1S/C19H24N2O4S/c1-26(23,24)13-16-5-3-2-4-15(16)12-25-18-8-6-14(7-9-18)19-20-10-17(22)11-21-19/h6-11,15-16,22H,2-5,12-13H2,1H3/t15-,16?/m1/s1. The monoisotopic (exact) mass is 376 g/mol. The average Bonchev–Trinajstić information content (AvgIpc) is 2.61. The number of ether oxygens (including phenoxy) is 1. The Hall–Kier alpha value is -2.15. The van der Waals surface area contributed by atoms with Crippen molar-refractivity contribution < 1.29 is 18.3 Å². The van der Waals surface area contributed by atoms with Crippen molar-refractivity contribution in [3.8, 4) is 22.9 Å². The first kappa shape index (κ1) is 18.6. The van der Waals surface area contributed by atoms with Crippen LogP contribution in [0, 0.1) is 11.8 Å².